The number of hydrogen-bond acceptors (Lipinski definition) is 5. The van der Waals surface area contributed by atoms with Gasteiger partial charge in [0.1, 0.15) is 0 Å². The number of nitro benzene ring substituents is 1. The van der Waals surface area contributed by atoms with Gasteiger partial charge >= 0.3 is 11.9 Å². The summed E-state index contributed by atoms with van der Waals surface area (Å²) in [5, 5.41) is 10.6. The predicted octanol–water partition coefficient (Wildman–Crippen LogP) is 1.54. The Bertz CT molecular complexity index is 480. The first-order valence-corrected chi connectivity index (χ1v) is 5.04. The van der Waals surface area contributed by atoms with E-state index in [0.717, 1.165) is 0 Å². The van der Waals surface area contributed by atoms with Gasteiger partial charge < -0.3 is 4.74 Å². The van der Waals surface area contributed by atoms with Crippen LogP contribution in [0.15, 0.2) is 24.3 Å². The van der Waals surface area contributed by atoms with Crippen molar-refractivity contribution in [3.05, 3.63) is 39.9 Å². The molecule has 2 rings (SSSR count). The number of benzene rings is 1. The summed E-state index contributed by atoms with van der Waals surface area (Å²) in [5.74, 6) is -1.50. The lowest BCUT2D eigenvalue weighted by Gasteiger charge is -2.19. The Morgan fingerprint density at radius 3 is 2.47 bits per heavy atom. The van der Waals surface area contributed by atoms with Gasteiger partial charge in [-0.1, -0.05) is 12.1 Å². The third kappa shape index (κ3) is 2.47. The molecule has 88 valence electrons. The van der Waals surface area contributed by atoms with Gasteiger partial charge in [0.2, 0.25) is 0 Å². The van der Waals surface area contributed by atoms with Crippen molar-refractivity contribution in [1.29, 1.82) is 0 Å². The largest absolute Gasteiger partial charge is 0.393 e. The number of rotatable bonds is 2. The molecule has 1 aromatic rings. The van der Waals surface area contributed by atoms with E-state index in [1.54, 1.807) is 6.07 Å². The van der Waals surface area contributed by atoms with E-state index < -0.39 is 16.9 Å². The number of non-ortho nitro benzene ring substituents is 1. The van der Waals surface area contributed by atoms with E-state index in [0.29, 0.717) is 5.56 Å². The standard InChI is InChI=1S/C11H9NO5/c13-10-5-8(6-11(14)17-10)7-2-1-3-9(4-7)12(15)16/h1-4,8H,5-6H2. The van der Waals surface area contributed by atoms with E-state index >= 15 is 0 Å². The van der Waals surface area contributed by atoms with Crippen molar-refractivity contribution in [3.8, 4) is 0 Å². The molecular weight excluding hydrogens is 226 g/mol. The number of nitro groups is 1. The number of cyclic esters (lactones) is 2. The lowest BCUT2D eigenvalue weighted by Crippen LogP contribution is -2.24. The molecule has 1 aliphatic heterocycles. The van der Waals surface area contributed by atoms with Crippen molar-refractivity contribution in [2.75, 3.05) is 0 Å². The van der Waals surface area contributed by atoms with Crippen LogP contribution < -0.4 is 0 Å². The minimum Gasteiger partial charge on any atom is -0.393 e. The highest BCUT2D eigenvalue weighted by atomic mass is 16.6. The van der Waals surface area contributed by atoms with Crippen LogP contribution in [-0.2, 0) is 14.3 Å². The van der Waals surface area contributed by atoms with Gasteiger partial charge in [0, 0.05) is 18.1 Å². The van der Waals surface area contributed by atoms with E-state index in [-0.39, 0.29) is 24.4 Å². The zero-order valence-corrected chi connectivity index (χ0v) is 8.79. The Kier molecular flexibility index (Phi) is 2.86. The highest BCUT2D eigenvalue weighted by Crippen LogP contribution is 2.30. The maximum absolute atomic E-state index is 11.1. The molecule has 6 nitrogen and oxygen atoms in total. The van der Waals surface area contributed by atoms with Gasteiger partial charge in [0.05, 0.1) is 17.8 Å². The molecular formula is C11H9NO5. The first-order valence-electron chi connectivity index (χ1n) is 5.04. The smallest absolute Gasteiger partial charge is 0.314 e. The average molecular weight is 235 g/mol. The average Bonchev–Trinajstić information content (AvgIpc) is 2.28. The summed E-state index contributed by atoms with van der Waals surface area (Å²) in [7, 11) is 0. The summed E-state index contributed by atoms with van der Waals surface area (Å²) < 4.78 is 4.40. The fourth-order valence-corrected chi connectivity index (χ4v) is 1.81. The van der Waals surface area contributed by atoms with Crippen molar-refractivity contribution < 1.29 is 19.2 Å². The van der Waals surface area contributed by atoms with Crippen LogP contribution >= 0.6 is 0 Å². The second kappa shape index (κ2) is 4.32. The van der Waals surface area contributed by atoms with Crippen molar-refractivity contribution in [2.45, 2.75) is 18.8 Å². The van der Waals surface area contributed by atoms with Crippen molar-refractivity contribution in [1.82, 2.24) is 0 Å². The maximum Gasteiger partial charge on any atom is 0.314 e. The third-order valence-corrected chi connectivity index (χ3v) is 2.61. The number of nitrogens with zero attached hydrogens (tertiary/aromatic N) is 1. The fourth-order valence-electron chi connectivity index (χ4n) is 1.81. The summed E-state index contributed by atoms with van der Waals surface area (Å²) in [6, 6.07) is 5.96. The van der Waals surface area contributed by atoms with Gasteiger partial charge in [-0.15, -0.1) is 0 Å². The molecule has 1 saturated heterocycles. The van der Waals surface area contributed by atoms with Gasteiger partial charge in [0.15, 0.2) is 0 Å². The molecule has 0 unspecified atom stereocenters. The second-order valence-electron chi connectivity index (χ2n) is 3.80. The molecule has 1 fully saturated rings. The quantitative estimate of drug-likeness (QED) is 0.336. The Labute approximate surface area is 96.3 Å². The second-order valence-corrected chi connectivity index (χ2v) is 3.80. The highest BCUT2D eigenvalue weighted by molar-refractivity contribution is 5.89. The van der Waals surface area contributed by atoms with Crippen LogP contribution in [0.1, 0.15) is 24.3 Å². The molecule has 0 bridgehead atoms. The zero-order valence-electron chi connectivity index (χ0n) is 8.79. The molecule has 0 N–H and O–H groups in total. The summed E-state index contributed by atoms with van der Waals surface area (Å²) in [5.41, 5.74) is 0.568. The van der Waals surface area contributed by atoms with E-state index in [1.165, 1.54) is 18.2 Å². The van der Waals surface area contributed by atoms with Gasteiger partial charge in [-0.3, -0.25) is 19.7 Å². The Hall–Kier alpha value is -2.24. The Balaban J connectivity index is 2.27. The highest BCUT2D eigenvalue weighted by Gasteiger charge is 2.28. The van der Waals surface area contributed by atoms with E-state index in [4.69, 9.17) is 0 Å². The molecule has 6 heteroatoms. The summed E-state index contributed by atoms with van der Waals surface area (Å²) >= 11 is 0. The molecule has 0 saturated carbocycles. The monoisotopic (exact) mass is 235 g/mol. The van der Waals surface area contributed by atoms with Gasteiger partial charge in [-0.05, 0) is 5.56 Å². The van der Waals surface area contributed by atoms with Gasteiger partial charge in [-0.2, -0.15) is 0 Å². The SMILES string of the molecule is O=C1CC(c2cccc([N+](=O)[O-])c2)CC(=O)O1. The minimum absolute atomic E-state index is 0.0473. The number of esters is 2. The number of hydrogen-bond donors (Lipinski definition) is 0. The summed E-state index contributed by atoms with van der Waals surface area (Å²) in [4.78, 5) is 32.3. The number of carbonyl (C=O) groups excluding carboxylic acids is 2. The normalized spacial score (nSPS) is 16.7. The first kappa shape index (κ1) is 11.3. The topological polar surface area (TPSA) is 86.5 Å². The minimum atomic E-state index is -0.585. The molecule has 1 aromatic carbocycles. The third-order valence-electron chi connectivity index (χ3n) is 2.61. The molecule has 0 spiro atoms. The molecule has 17 heavy (non-hydrogen) atoms. The Morgan fingerprint density at radius 2 is 1.88 bits per heavy atom. The van der Waals surface area contributed by atoms with E-state index in [9.17, 15) is 19.7 Å². The van der Waals surface area contributed by atoms with Crippen LogP contribution in [0.2, 0.25) is 0 Å². The van der Waals surface area contributed by atoms with Crippen molar-refractivity contribution in [2.24, 2.45) is 0 Å². The van der Waals surface area contributed by atoms with Gasteiger partial charge in [0.25, 0.3) is 5.69 Å². The summed E-state index contributed by atoms with van der Waals surface area (Å²) in [6.45, 7) is 0. The van der Waals surface area contributed by atoms with Crippen molar-refractivity contribution in [3.63, 3.8) is 0 Å². The molecule has 0 radical (unpaired) electrons. The zero-order chi connectivity index (χ0) is 12.4. The van der Waals surface area contributed by atoms with Crippen LogP contribution in [0.3, 0.4) is 0 Å². The van der Waals surface area contributed by atoms with Crippen LogP contribution in [-0.4, -0.2) is 16.9 Å². The molecule has 0 atom stereocenters. The van der Waals surface area contributed by atoms with Crippen LogP contribution in [0, 0.1) is 10.1 Å². The molecule has 1 heterocycles. The molecule has 0 aromatic heterocycles. The lowest BCUT2D eigenvalue weighted by molar-refractivity contribution is -0.384. The predicted molar refractivity (Wildman–Crippen MR) is 56.2 cm³/mol. The maximum atomic E-state index is 11.1. The lowest BCUT2D eigenvalue weighted by atomic mass is 9.91. The first-order chi connectivity index (χ1) is 8.06. The molecule has 0 amide bonds. The Morgan fingerprint density at radius 1 is 1.24 bits per heavy atom. The van der Waals surface area contributed by atoms with Gasteiger partial charge in [-0.25, -0.2) is 0 Å². The fraction of sp³-hybridized carbons (Fsp3) is 0.273. The van der Waals surface area contributed by atoms with Crippen LogP contribution in [0.5, 0.6) is 0 Å². The molecule has 1 aliphatic rings. The van der Waals surface area contributed by atoms with E-state index in [1.807, 2.05) is 0 Å². The van der Waals surface area contributed by atoms with Crippen LogP contribution in [0.25, 0.3) is 0 Å². The number of carbonyl (C=O) groups is 2. The number of ether oxygens (including phenoxy) is 1. The van der Waals surface area contributed by atoms with Crippen molar-refractivity contribution >= 4 is 17.6 Å². The summed E-state index contributed by atoms with van der Waals surface area (Å²) in [6.07, 6.45) is 0.153. The van der Waals surface area contributed by atoms with E-state index in [2.05, 4.69) is 4.74 Å². The molecule has 0 aliphatic carbocycles. The van der Waals surface area contributed by atoms with Crippen LogP contribution in [0.4, 0.5) is 5.69 Å².